The van der Waals surface area contributed by atoms with E-state index in [1.165, 1.54) is 39.0 Å². The molecule has 144 valence electrons. The molecule has 1 aromatic heterocycles. The van der Waals surface area contributed by atoms with Crippen LogP contribution in [0.25, 0.3) is 33.3 Å². The van der Waals surface area contributed by atoms with Crippen LogP contribution in [0.5, 0.6) is 0 Å². The van der Waals surface area contributed by atoms with Gasteiger partial charge >= 0.3 is 0 Å². The van der Waals surface area contributed by atoms with Crippen molar-refractivity contribution in [2.45, 2.75) is 6.92 Å². The summed E-state index contributed by atoms with van der Waals surface area (Å²) in [6, 6.07) is 38.3. The van der Waals surface area contributed by atoms with Gasteiger partial charge < -0.3 is 4.57 Å². The summed E-state index contributed by atoms with van der Waals surface area (Å²) in [6.45, 7) is 6.72. The molecule has 0 spiro atoms. The minimum absolute atomic E-state index is 1.05. The summed E-state index contributed by atoms with van der Waals surface area (Å²) in [5.74, 6) is 0. The zero-order chi connectivity index (χ0) is 20.5. The first-order valence-corrected chi connectivity index (χ1v) is 10.2. The van der Waals surface area contributed by atoms with Crippen LogP contribution >= 0.6 is 0 Å². The Kier molecular flexibility index (Phi) is 4.57. The highest BCUT2D eigenvalue weighted by molar-refractivity contribution is 5.99. The molecule has 1 heteroatoms. The van der Waals surface area contributed by atoms with E-state index in [4.69, 9.17) is 0 Å². The Morgan fingerprint density at radius 2 is 1.30 bits per heavy atom. The Morgan fingerprint density at radius 3 is 2.07 bits per heavy atom. The van der Waals surface area contributed by atoms with E-state index < -0.39 is 0 Å². The Hall–Kier alpha value is -3.84. The molecule has 30 heavy (non-hydrogen) atoms. The zero-order valence-electron chi connectivity index (χ0n) is 17.0. The lowest BCUT2D eigenvalue weighted by Gasteiger charge is -2.11. The zero-order valence-corrected chi connectivity index (χ0v) is 17.0. The van der Waals surface area contributed by atoms with Crippen molar-refractivity contribution in [3.05, 3.63) is 133 Å². The summed E-state index contributed by atoms with van der Waals surface area (Å²) in [5, 5.41) is 1.23. The van der Waals surface area contributed by atoms with E-state index >= 15 is 0 Å². The van der Waals surface area contributed by atoms with Gasteiger partial charge in [-0.15, -0.1) is 0 Å². The number of para-hydroxylation sites is 2. The number of fused-ring (bicyclic) bond motifs is 1. The van der Waals surface area contributed by atoms with Crippen LogP contribution < -0.4 is 0 Å². The molecule has 0 saturated carbocycles. The minimum Gasteiger partial charge on any atom is -0.313 e. The maximum atomic E-state index is 4.53. The molecule has 1 heterocycles. The molecule has 0 aliphatic rings. The predicted octanol–water partition coefficient (Wildman–Crippen LogP) is 7.67. The van der Waals surface area contributed by atoms with E-state index in [0.29, 0.717) is 0 Å². The lowest BCUT2D eigenvalue weighted by atomic mass is 9.94. The van der Waals surface area contributed by atoms with Crippen LogP contribution in [0.4, 0.5) is 0 Å². The van der Waals surface area contributed by atoms with Crippen LogP contribution in [0.2, 0.25) is 0 Å². The summed E-state index contributed by atoms with van der Waals surface area (Å²) >= 11 is 0. The standard InChI is InChI=1S/C29H23N/c1-21(24-14-11-15-25(20-24)23-12-5-3-6-13-23)29-22(2)30(26-16-7-4-8-17-26)28-19-10-9-18-27(28)29/h3-20H,1H2,2H3. The van der Waals surface area contributed by atoms with Gasteiger partial charge in [0, 0.05) is 22.3 Å². The SMILES string of the molecule is C=C(c1cccc(-c2ccccc2)c1)c1c(C)n(-c2ccccc2)c2ccccc12. The molecule has 0 atom stereocenters. The summed E-state index contributed by atoms with van der Waals surface area (Å²) in [4.78, 5) is 0. The predicted molar refractivity (Wildman–Crippen MR) is 128 cm³/mol. The maximum Gasteiger partial charge on any atom is 0.0537 e. The van der Waals surface area contributed by atoms with Crippen LogP contribution in [0, 0.1) is 6.92 Å². The summed E-state index contributed by atoms with van der Waals surface area (Å²) < 4.78 is 2.33. The fraction of sp³-hybridized carbons (Fsp3) is 0.0345. The second kappa shape index (κ2) is 7.53. The van der Waals surface area contributed by atoms with Crippen molar-refractivity contribution in [3.8, 4) is 16.8 Å². The Balaban J connectivity index is 1.68. The maximum absolute atomic E-state index is 4.53. The van der Waals surface area contributed by atoms with Crippen LogP contribution in [0.3, 0.4) is 0 Å². The van der Waals surface area contributed by atoms with E-state index in [0.717, 1.165) is 11.1 Å². The van der Waals surface area contributed by atoms with E-state index in [1.807, 2.05) is 6.07 Å². The molecular formula is C29H23N. The van der Waals surface area contributed by atoms with Crippen molar-refractivity contribution in [1.29, 1.82) is 0 Å². The molecule has 5 rings (SSSR count). The molecular weight excluding hydrogens is 362 g/mol. The minimum atomic E-state index is 1.05. The monoisotopic (exact) mass is 385 g/mol. The lowest BCUT2D eigenvalue weighted by Crippen LogP contribution is -1.97. The van der Waals surface area contributed by atoms with E-state index in [2.05, 4.69) is 121 Å². The smallest absolute Gasteiger partial charge is 0.0537 e. The second-order valence-electron chi connectivity index (χ2n) is 7.57. The van der Waals surface area contributed by atoms with E-state index in [9.17, 15) is 0 Å². The summed E-state index contributed by atoms with van der Waals surface area (Å²) in [5.41, 5.74) is 9.41. The molecule has 0 aliphatic heterocycles. The van der Waals surface area contributed by atoms with Gasteiger partial charge in [-0.3, -0.25) is 0 Å². The largest absolute Gasteiger partial charge is 0.313 e. The molecule has 0 fully saturated rings. The lowest BCUT2D eigenvalue weighted by molar-refractivity contribution is 1.05. The van der Waals surface area contributed by atoms with Crippen molar-refractivity contribution < 1.29 is 0 Å². The van der Waals surface area contributed by atoms with Gasteiger partial charge in [0.2, 0.25) is 0 Å². The molecule has 1 nitrogen and oxygen atoms in total. The number of hydrogen-bond acceptors (Lipinski definition) is 0. The number of hydrogen-bond donors (Lipinski definition) is 0. The highest BCUT2D eigenvalue weighted by Gasteiger charge is 2.18. The van der Waals surface area contributed by atoms with Crippen molar-refractivity contribution in [3.63, 3.8) is 0 Å². The van der Waals surface area contributed by atoms with Crippen molar-refractivity contribution in [2.24, 2.45) is 0 Å². The molecule has 0 unspecified atom stereocenters. The molecule has 0 N–H and O–H groups in total. The Morgan fingerprint density at radius 1 is 0.667 bits per heavy atom. The third kappa shape index (κ3) is 3.05. The van der Waals surface area contributed by atoms with Crippen molar-refractivity contribution in [1.82, 2.24) is 4.57 Å². The van der Waals surface area contributed by atoms with Gasteiger partial charge in [0.25, 0.3) is 0 Å². The second-order valence-corrected chi connectivity index (χ2v) is 7.57. The molecule has 0 saturated heterocycles. The van der Waals surface area contributed by atoms with E-state index in [1.54, 1.807) is 0 Å². The molecule has 0 bridgehead atoms. The van der Waals surface area contributed by atoms with Crippen LogP contribution in [-0.2, 0) is 0 Å². The summed E-state index contributed by atoms with van der Waals surface area (Å²) in [6.07, 6.45) is 0. The number of rotatable bonds is 4. The quantitative estimate of drug-likeness (QED) is 0.299. The number of aromatic nitrogens is 1. The van der Waals surface area contributed by atoms with Gasteiger partial charge in [-0.2, -0.15) is 0 Å². The molecule has 5 aromatic rings. The third-order valence-electron chi connectivity index (χ3n) is 5.75. The first kappa shape index (κ1) is 18.2. The third-order valence-corrected chi connectivity index (χ3v) is 5.75. The first-order chi connectivity index (χ1) is 14.7. The van der Waals surface area contributed by atoms with Crippen LogP contribution in [0.1, 0.15) is 16.8 Å². The summed E-state index contributed by atoms with van der Waals surface area (Å²) in [7, 11) is 0. The highest BCUT2D eigenvalue weighted by Crippen LogP contribution is 2.36. The average Bonchev–Trinajstić information content (AvgIpc) is 3.11. The van der Waals surface area contributed by atoms with Gasteiger partial charge in [0.05, 0.1) is 5.52 Å². The van der Waals surface area contributed by atoms with Crippen molar-refractivity contribution in [2.75, 3.05) is 0 Å². The molecule has 0 aliphatic carbocycles. The molecule has 0 radical (unpaired) electrons. The van der Waals surface area contributed by atoms with Gasteiger partial charge in [-0.1, -0.05) is 91.5 Å². The topological polar surface area (TPSA) is 4.93 Å². The molecule has 4 aromatic carbocycles. The fourth-order valence-corrected chi connectivity index (χ4v) is 4.32. The molecule has 0 amide bonds. The first-order valence-electron chi connectivity index (χ1n) is 10.2. The van der Waals surface area contributed by atoms with Crippen molar-refractivity contribution >= 4 is 16.5 Å². The number of benzene rings is 4. The Bertz CT molecular complexity index is 1340. The van der Waals surface area contributed by atoms with Crippen LogP contribution in [-0.4, -0.2) is 4.57 Å². The normalized spacial score (nSPS) is 11.0. The van der Waals surface area contributed by atoms with Gasteiger partial charge in [-0.25, -0.2) is 0 Å². The van der Waals surface area contributed by atoms with E-state index in [-0.39, 0.29) is 0 Å². The fourth-order valence-electron chi connectivity index (χ4n) is 4.32. The van der Waals surface area contributed by atoms with Gasteiger partial charge in [-0.05, 0) is 53.5 Å². The van der Waals surface area contributed by atoms with Gasteiger partial charge in [0.1, 0.15) is 0 Å². The highest BCUT2D eigenvalue weighted by atomic mass is 15.0. The Labute approximate surface area is 177 Å². The van der Waals surface area contributed by atoms with Gasteiger partial charge in [0.15, 0.2) is 0 Å². The average molecular weight is 386 g/mol. The number of nitrogens with zero attached hydrogens (tertiary/aromatic N) is 1. The van der Waals surface area contributed by atoms with Crippen LogP contribution in [0.15, 0.2) is 116 Å².